The van der Waals surface area contributed by atoms with Gasteiger partial charge >= 0.3 is 0 Å². The van der Waals surface area contributed by atoms with Crippen molar-refractivity contribution in [1.29, 1.82) is 0 Å². The first-order valence-electron chi connectivity index (χ1n) is 7.05. The van der Waals surface area contributed by atoms with Gasteiger partial charge in [-0.3, -0.25) is 4.79 Å². The maximum Gasteiger partial charge on any atom is 0.167 e. The van der Waals surface area contributed by atoms with Crippen LogP contribution in [0.1, 0.15) is 46.5 Å². The van der Waals surface area contributed by atoms with E-state index in [1.54, 1.807) is 7.11 Å². The van der Waals surface area contributed by atoms with E-state index in [0.29, 0.717) is 24.9 Å². The summed E-state index contributed by atoms with van der Waals surface area (Å²) in [4.78, 5) is 12.6. The summed E-state index contributed by atoms with van der Waals surface area (Å²) in [5.74, 6) is 1.05. The Labute approximate surface area is 109 Å². The van der Waals surface area contributed by atoms with Crippen molar-refractivity contribution < 1.29 is 14.3 Å². The Morgan fingerprint density at radius 3 is 2.67 bits per heavy atom. The predicted octanol–water partition coefficient (Wildman–Crippen LogP) is 2.58. The van der Waals surface area contributed by atoms with Crippen LogP contribution in [0.4, 0.5) is 0 Å². The maximum atomic E-state index is 12.6. The van der Waals surface area contributed by atoms with Crippen LogP contribution in [-0.4, -0.2) is 30.7 Å². The van der Waals surface area contributed by atoms with Crippen molar-refractivity contribution >= 4 is 5.78 Å². The molecule has 3 nitrogen and oxygen atoms in total. The molecule has 0 aromatic heterocycles. The summed E-state index contributed by atoms with van der Waals surface area (Å²) in [5.41, 5.74) is -0.570. The van der Waals surface area contributed by atoms with E-state index >= 15 is 0 Å². The van der Waals surface area contributed by atoms with E-state index in [1.807, 2.05) is 0 Å². The summed E-state index contributed by atoms with van der Waals surface area (Å²) in [7, 11) is 1.67. The SMILES string of the molecule is CO[C@]12COC(C)(C)C3CC[C@](C)(CC1=O)C[C@@H]32. The molecule has 0 N–H and O–H groups in total. The fourth-order valence-electron chi connectivity index (χ4n) is 4.62. The van der Waals surface area contributed by atoms with Crippen LogP contribution < -0.4 is 0 Å². The van der Waals surface area contributed by atoms with E-state index in [1.165, 1.54) is 0 Å². The molecule has 0 aromatic rings. The van der Waals surface area contributed by atoms with E-state index in [2.05, 4.69) is 20.8 Å². The van der Waals surface area contributed by atoms with Gasteiger partial charge in [0, 0.05) is 19.4 Å². The molecule has 2 bridgehead atoms. The van der Waals surface area contributed by atoms with E-state index in [4.69, 9.17) is 9.47 Å². The molecule has 102 valence electrons. The highest BCUT2D eigenvalue weighted by molar-refractivity contribution is 5.89. The molecular weight excluding hydrogens is 228 g/mol. The van der Waals surface area contributed by atoms with Crippen LogP contribution in [0.2, 0.25) is 0 Å². The summed E-state index contributed by atoms with van der Waals surface area (Å²) in [6.07, 6.45) is 4.08. The molecule has 2 aliphatic carbocycles. The van der Waals surface area contributed by atoms with Crippen LogP contribution in [0, 0.1) is 17.3 Å². The van der Waals surface area contributed by atoms with Crippen LogP contribution >= 0.6 is 0 Å². The van der Waals surface area contributed by atoms with Crippen LogP contribution in [0.15, 0.2) is 0 Å². The Kier molecular flexibility index (Phi) is 2.50. The smallest absolute Gasteiger partial charge is 0.167 e. The van der Waals surface area contributed by atoms with Gasteiger partial charge in [-0.15, -0.1) is 0 Å². The van der Waals surface area contributed by atoms with Crippen LogP contribution in [-0.2, 0) is 14.3 Å². The van der Waals surface area contributed by atoms with Crippen LogP contribution in [0.5, 0.6) is 0 Å². The number of hydrogen-bond acceptors (Lipinski definition) is 3. The molecule has 1 aliphatic heterocycles. The summed E-state index contributed by atoms with van der Waals surface area (Å²) in [5, 5.41) is 0. The molecule has 0 amide bonds. The number of methoxy groups -OCH3 is 1. The Hall–Kier alpha value is -0.410. The Balaban J connectivity index is 2.05. The lowest BCUT2D eigenvalue weighted by atomic mass is 9.50. The molecule has 0 radical (unpaired) electrons. The molecule has 2 saturated carbocycles. The highest BCUT2D eigenvalue weighted by atomic mass is 16.6. The number of fused-ring (bicyclic) bond motifs is 1. The highest BCUT2D eigenvalue weighted by Crippen LogP contribution is 2.59. The monoisotopic (exact) mass is 252 g/mol. The molecule has 4 atom stereocenters. The lowest BCUT2D eigenvalue weighted by Gasteiger charge is -2.61. The molecular formula is C15H24O3. The van der Waals surface area contributed by atoms with Crippen molar-refractivity contribution in [2.24, 2.45) is 17.3 Å². The molecule has 1 unspecified atom stereocenters. The molecule has 0 aromatic carbocycles. The quantitative estimate of drug-likeness (QED) is 0.719. The van der Waals surface area contributed by atoms with Gasteiger partial charge in [0.15, 0.2) is 11.4 Å². The van der Waals surface area contributed by atoms with Crippen molar-refractivity contribution in [1.82, 2.24) is 0 Å². The van der Waals surface area contributed by atoms with E-state index < -0.39 is 5.60 Å². The molecule has 3 heteroatoms. The van der Waals surface area contributed by atoms with Gasteiger partial charge in [-0.05, 0) is 44.4 Å². The summed E-state index contributed by atoms with van der Waals surface area (Å²) >= 11 is 0. The fourth-order valence-corrected chi connectivity index (χ4v) is 4.62. The fraction of sp³-hybridized carbons (Fsp3) is 0.933. The summed E-state index contributed by atoms with van der Waals surface area (Å²) < 4.78 is 11.7. The van der Waals surface area contributed by atoms with Gasteiger partial charge < -0.3 is 9.47 Å². The second-order valence-corrected chi connectivity index (χ2v) is 7.35. The average Bonchev–Trinajstić information content (AvgIpc) is 2.27. The zero-order chi connectivity index (χ0) is 13.2. The minimum atomic E-state index is -0.653. The predicted molar refractivity (Wildman–Crippen MR) is 68.3 cm³/mol. The third kappa shape index (κ3) is 1.47. The van der Waals surface area contributed by atoms with E-state index in [9.17, 15) is 4.79 Å². The van der Waals surface area contributed by atoms with Gasteiger partial charge in [0.1, 0.15) is 0 Å². The minimum absolute atomic E-state index is 0.119. The van der Waals surface area contributed by atoms with Crippen molar-refractivity contribution in [3.63, 3.8) is 0 Å². The number of rotatable bonds is 1. The van der Waals surface area contributed by atoms with Crippen molar-refractivity contribution in [3.8, 4) is 0 Å². The zero-order valence-corrected chi connectivity index (χ0v) is 11.9. The molecule has 1 heterocycles. The van der Waals surface area contributed by atoms with Crippen molar-refractivity contribution in [2.45, 2.75) is 57.7 Å². The van der Waals surface area contributed by atoms with E-state index in [0.717, 1.165) is 19.3 Å². The minimum Gasteiger partial charge on any atom is -0.372 e. The normalized spacial score (nSPS) is 50.1. The number of ether oxygens (including phenoxy) is 2. The van der Waals surface area contributed by atoms with Crippen LogP contribution in [0.3, 0.4) is 0 Å². The van der Waals surface area contributed by atoms with Gasteiger partial charge in [-0.2, -0.15) is 0 Å². The number of carbonyl (C=O) groups excluding carboxylic acids is 1. The second kappa shape index (κ2) is 3.57. The highest BCUT2D eigenvalue weighted by Gasteiger charge is 2.63. The van der Waals surface area contributed by atoms with Crippen molar-refractivity contribution in [2.75, 3.05) is 13.7 Å². The first kappa shape index (κ1) is 12.6. The third-order valence-corrected chi connectivity index (χ3v) is 5.83. The number of Topliss-reactive ketones (excluding diaryl/α,β-unsaturated/α-hetero) is 1. The molecule has 18 heavy (non-hydrogen) atoms. The van der Waals surface area contributed by atoms with Gasteiger partial charge in [0.05, 0.1) is 12.2 Å². The van der Waals surface area contributed by atoms with Gasteiger partial charge in [-0.1, -0.05) is 6.92 Å². The first-order chi connectivity index (χ1) is 8.33. The van der Waals surface area contributed by atoms with Crippen LogP contribution in [0.25, 0.3) is 0 Å². The number of ketones is 1. The van der Waals surface area contributed by atoms with E-state index in [-0.39, 0.29) is 16.8 Å². The Morgan fingerprint density at radius 2 is 2.00 bits per heavy atom. The Morgan fingerprint density at radius 1 is 1.28 bits per heavy atom. The average molecular weight is 252 g/mol. The zero-order valence-electron chi connectivity index (χ0n) is 11.9. The van der Waals surface area contributed by atoms with Gasteiger partial charge in [0.25, 0.3) is 0 Å². The number of carbonyl (C=O) groups is 1. The largest absolute Gasteiger partial charge is 0.372 e. The topological polar surface area (TPSA) is 35.5 Å². The Bertz CT molecular complexity index is 389. The maximum absolute atomic E-state index is 12.6. The second-order valence-electron chi connectivity index (χ2n) is 7.35. The molecule has 0 spiro atoms. The molecule has 1 saturated heterocycles. The summed E-state index contributed by atoms with van der Waals surface area (Å²) in [6.45, 7) is 7.04. The lowest BCUT2D eigenvalue weighted by Crippen LogP contribution is -2.68. The van der Waals surface area contributed by atoms with Crippen molar-refractivity contribution in [3.05, 3.63) is 0 Å². The number of hydrogen-bond donors (Lipinski definition) is 0. The standard InChI is InChI=1S/C15H24O3/c1-13(2)10-5-6-14(3)7-11(10)15(17-4,9-18-13)12(16)8-14/h10-11H,5-9H2,1-4H3/t10?,11-,14-,15-/m0/s1. The lowest BCUT2D eigenvalue weighted by molar-refractivity contribution is -0.253. The van der Waals surface area contributed by atoms with Gasteiger partial charge in [0.2, 0.25) is 0 Å². The van der Waals surface area contributed by atoms with Gasteiger partial charge in [-0.25, -0.2) is 0 Å². The summed E-state index contributed by atoms with van der Waals surface area (Å²) in [6, 6.07) is 0. The molecule has 3 rings (SSSR count). The first-order valence-corrected chi connectivity index (χ1v) is 7.05. The molecule has 3 aliphatic rings. The molecule has 3 fully saturated rings. The third-order valence-electron chi connectivity index (χ3n) is 5.83.